The number of unbranched alkanes of at least 4 members (excludes halogenated alkanes) is 6. The third kappa shape index (κ3) is 24.6. The van der Waals surface area contributed by atoms with E-state index in [1.807, 2.05) is 0 Å². The van der Waals surface area contributed by atoms with Crippen LogP contribution in [-0.2, 0) is 4.79 Å². The van der Waals surface area contributed by atoms with Crippen molar-refractivity contribution >= 4 is 6.47 Å². The van der Waals surface area contributed by atoms with Gasteiger partial charge in [0, 0.05) is 0 Å². The molecule has 0 aromatic carbocycles. The molecule has 3 nitrogen and oxygen atoms in total. The van der Waals surface area contributed by atoms with Crippen LogP contribution in [0.5, 0.6) is 0 Å². The van der Waals surface area contributed by atoms with Gasteiger partial charge < -0.3 is 10.8 Å². The molecule has 0 aliphatic heterocycles. The average molecular weight is 189 g/mol. The van der Waals surface area contributed by atoms with Gasteiger partial charge in [-0.1, -0.05) is 45.4 Å². The van der Waals surface area contributed by atoms with E-state index in [1.165, 1.54) is 44.9 Å². The minimum absolute atomic E-state index is 0.250. The van der Waals surface area contributed by atoms with Crippen LogP contribution in [0.3, 0.4) is 0 Å². The van der Waals surface area contributed by atoms with Crippen molar-refractivity contribution in [3.63, 3.8) is 0 Å². The minimum atomic E-state index is -0.250. The SMILES string of the molecule is CCCCCCCCCN.O=CO. The zero-order valence-electron chi connectivity index (χ0n) is 8.67. The van der Waals surface area contributed by atoms with E-state index >= 15 is 0 Å². The van der Waals surface area contributed by atoms with Gasteiger partial charge in [-0.25, -0.2) is 0 Å². The van der Waals surface area contributed by atoms with Crippen LogP contribution in [0.4, 0.5) is 0 Å². The zero-order valence-corrected chi connectivity index (χ0v) is 8.67. The van der Waals surface area contributed by atoms with Gasteiger partial charge in [0.2, 0.25) is 0 Å². The fourth-order valence-corrected chi connectivity index (χ4v) is 1.10. The number of carbonyl (C=O) groups is 1. The number of hydrogen-bond donors (Lipinski definition) is 2. The molecule has 0 saturated carbocycles. The van der Waals surface area contributed by atoms with E-state index in [9.17, 15) is 0 Å². The van der Waals surface area contributed by atoms with Crippen LogP contribution in [-0.4, -0.2) is 18.1 Å². The van der Waals surface area contributed by atoms with Crippen molar-refractivity contribution < 1.29 is 9.90 Å². The smallest absolute Gasteiger partial charge is 0.290 e. The van der Waals surface area contributed by atoms with E-state index in [1.54, 1.807) is 0 Å². The summed E-state index contributed by atoms with van der Waals surface area (Å²) in [5.74, 6) is 0. The molecule has 0 aliphatic carbocycles. The topological polar surface area (TPSA) is 63.3 Å². The highest BCUT2D eigenvalue weighted by Gasteiger charge is 1.87. The quantitative estimate of drug-likeness (QED) is 0.477. The maximum absolute atomic E-state index is 8.36. The highest BCUT2D eigenvalue weighted by Crippen LogP contribution is 2.05. The predicted molar refractivity (Wildman–Crippen MR) is 55.7 cm³/mol. The summed E-state index contributed by atoms with van der Waals surface area (Å²) in [5, 5.41) is 6.89. The van der Waals surface area contributed by atoms with Crippen molar-refractivity contribution in [2.75, 3.05) is 6.54 Å². The summed E-state index contributed by atoms with van der Waals surface area (Å²) >= 11 is 0. The molecule has 0 fully saturated rings. The van der Waals surface area contributed by atoms with Gasteiger partial charge in [0.15, 0.2) is 0 Å². The Balaban J connectivity index is 0. The minimum Gasteiger partial charge on any atom is -0.483 e. The van der Waals surface area contributed by atoms with Crippen LogP contribution in [0.2, 0.25) is 0 Å². The number of nitrogens with two attached hydrogens (primary N) is 1. The lowest BCUT2D eigenvalue weighted by Gasteiger charge is -1.97. The summed E-state index contributed by atoms with van der Waals surface area (Å²) in [5.41, 5.74) is 5.37. The van der Waals surface area contributed by atoms with Gasteiger partial charge in [0.05, 0.1) is 0 Å². The van der Waals surface area contributed by atoms with Crippen molar-refractivity contribution in [3.8, 4) is 0 Å². The third-order valence-electron chi connectivity index (χ3n) is 1.81. The summed E-state index contributed by atoms with van der Waals surface area (Å²) in [4.78, 5) is 8.36. The summed E-state index contributed by atoms with van der Waals surface area (Å²) in [7, 11) is 0. The first-order valence-corrected chi connectivity index (χ1v) is 5.11. The maximum Gasteiger partial charge on any atom is 0.290 e. The molecule has 13 heavy (non-hydrogen) atoms. The number of hydrogen-bond acceptors (Lipinski definition) is 2. The van der Waals surface area contributed by atoms with Crippen LogP contribution in [0.1, 0.15) is 51.9 Å². The summed E-state index contributed by atoms with van der Waals surface area (Å²) in [6.45, 7) is 2.87. The van der Waals surface area contributed by atoms with Gasteiger partial charge in [-0.05, 0) is 13.0 Å². The van der Waals surface area contributed by atoms with Crippen LogP contribution in [0, 0.1) is 0 Å². The molecule has 0 heterocycles. The molecule has 0 rings (SSSR count). The van der Waals surface area contributed by atoms with Crippen LogP contribution in [0.25, 0.3) is 0 Å². The molecular weight excluding hydrogens is 166 g/mol. The molecule has 0 saturated heterocycles. The van der Waals surface area contributed by atoms with Crippen LogP contribution < -0.4 is 5.73 Å². The van der Waals surface area contributed by atoms with Gasteiger partial charge in [0.25, 0.3) is 6.47 Å². The first-order valence-electron chi connectivity index (χ1n) is 5.11. The Kier molecular flexibility index (Phi) is 20.1. The highest BCUT2D eigenvalue weighted by molar-refractivity contribution is 5.32. The lowest BCUT2D eigenvalue weighted by molar-refractivity contribution is -0.122. The van der Waals surface area contributed by atoms with Crippen molar-refractivity contribution in [2.24, 2.45) is 5.73 Å². The maximum atomic E-state index is 8.36. The van der Waals surface area contributed by atoms with E-state index in [4.69, 9.17) is 15.6 Å². The second-order valence-corrected chi connectivity index (χ2v) is 3.02. The highest BCUT2D eigenvalue weighted by atomic mass is 16.3. The molecule has 0 radical (unpaired) electrons. The van der Waals surface area contributed by atoms with E-state index in [2.05, 4.69) is 6.92 Å². The fraction of sp³-hybridized carbons (Fsp3) is 0.900. The van der Waals surface area contributed by atoms with Gasteiger partial charge in [-0.3, -0.25) is 4.79 Å². The van der Waals surface area contributed by atoms with E-state index in [-0.39, 0.29) is 6.47 Å². The van der Waals surface area contributed by atoms with Gasteiger partial charge in [-0.2, -0.15) is 0 Å². The molecule has 0 spiro atoms. The fourth-order valence-electron chi connectivity index (χ4n) is 1.10. The van der Waals surface area contributed by atoms with Crippen molar-refractivity contribution in [3.05, 3.63) is 0 Å². The van der Waals surface area contributed by atoms with Gasteiger partial charge >= 0.3 is 0 Å². The largest absolute Gasteiger partial charge is 0.483 e. The standard InChI is InChI=1S/C9H21N.CH2O2/c1-2-3-4-5-6-7-8-9-10;2-1-3/h2-10H2,1H3;1H,(H,2,3). The Morgan fingerprint density at radius 3 is 1.85 bits per heavy atom. The first-order chi connectivity index (χ1) is 6.33. The van der Waals surface area contributed by atoms with E-state index < -0.39 is 0 Å². The molecular formula is C10H23NO2. The monoisotopic (exact) mass is 189 g/mol. The summed E-state index contributed by atoms with van der Waals surface area (Å²) in [6.07, 6.45) is 9.51. The number of rotatable bonds is 7. The Labute approximate surface area is 81.3 Å². The second kappa shape index (κ2) is 17.5. The first kappa shape index (κ1) is 14.9. The van der Waals surface area contributed by atoms with Crippen molar-refractivity contribution in [1.82, 2.24) is 0 Å². The lowest BCUT2D eigenvalue weighted by Crippen LogP contribution is -1.97. The van der Waals surface area contributed by atoms with Gasteiger partial charge in [-0.15, -0.1) is 0 Å². The van der Waals surface area contributed by atoms with E-state index in [0.717, 1.165) is 6.54 Å². The Morgan fingerprint density at radius 2 is 1.46 bits per heavy atom. The molecule has 0 atom stereocenters. The molecule has 0 aliphatic rings. The van der Waals surface area contributed by atoms with Gasteiger partial charge in [0.1, 0.15) is 0 Å². The molecule has 0 unspecified atom stereocenters. The third-order valence-corrected chi connectivity index (χ3v) is 1.81. The molecule has 3 heteroatoms. The Hall–Kier alpha value is -0.570. The molecule has 0 amide bonds. The molecule has 0 bridgehead atoms. The van der Waals surface area contributed by atoms with Crippen LogP contribution >= 0.6 is 0 Å². The molecule has 3 N–H and O–H groups in total. The lowest BCUT2D eigenvalue weighted by atomic mass is 10.1. The average Bonchev–Trinajstić information content (AvgIpc) is 2.13. The zero-order chi connectivity index (χ0) is 10.4. The molecule has 0 aromatic rings. The van der Waals surface area contributed by atoms with Crippen molar-refractivity contribution in [2.45, 2.75) is 51.9 Å². The summed E-state index contributed by atoms with van der Waals surface area (Å²) in [6, 6.07) is 0. The normalized spacial score (nSPS) is 8.77. The Bertz CT molecular complexity index is 79.0. The Morgan fingerprint density at radius 1 is 1.08 bits per heavy atom. The predicted octanol–water partition coefficient (Wildman–Crippen LogP) is 2.40. The van der Waals surface area contributed by atoms with E-state index in [0.29, 0.717) is 0 Å². The molecule has 0 aromatic heterocycles. The number of carboxylic acid groups (broad SMARTS) is 1. The van der Waals surface area contributed by atoms with Crippen LogP contribution in [0.15, 0.2) is 0 Å². The summed E-state index contributed by atoms with van der Waals surface area (Å²) < 4.78 is 0. The second-order valence-electron chi connectivity index (χ2n) is 3.02. The molecule has 80 valence electrons. The van der Waals surface area contributed by atoms with Crippen molar-refractivity contribution in [1.29, 1.82) is 0 Å².